The number of rotatable bonds is 4. The number of Topliss-reactive ketones (excluding diaryl/α,β-unsaturated/α-hetero) is 1. The van der Waals surface area contributed by atoms with Crippen molar-refractivity contribution in [1.29, 1.82) is 0 Å². The van der Waals surface area contributed by atoms with E-state index in [1.54, 1.807) is 12.1 Å². The topological polar surface area (TPSA) is 128 Å². The summed E-state index contributed by atoms with van der Waals surface area (Å²) in [6.45, 7) is 0. The summed E-state index contributed by atoms with van der Waals surface area (Å²) in [6, 6.07) is 3.40. The fourth-order valence-corrected chi connectivity index (χ4v) is 2.32. The zero-order chi connectivity index (χ0) is 16.4. The number of ketones is 1. The second-order valence-electron chi connectivity index (χ2n) is 4.58. The lowest BCUT2D eigenvalue weighted by Crippen LogP contribution is -2.18. The molecule has 0 radical (unpaired) electrons. The molecule has 3 aromatic heterocycles. The number of aromatic nitrogens is 4. The van der Waals surface area contributed by atoms with Gasteiger partial charge < -0.3 is 15.1 Å². The maximum absolute atomic E-state index is 12.4. The number of furan rings is 1. The zero-order valence-corrected chi connectivity index (χ0v) is 13.2. The van der Waals surface area contributed by atoms with E-state index in [1.807, 2.05) is 0 Å². The average molecular weight is 376 g/mol. The van der Waals surface area contributed by atoms with Crippen molar-refractivity contribution in [3.8, 4) is 11.3 Å². The summed E-state index contributed by atoms with van der Waals surface area (Å²) in [4.78, 5) is 38.1. The molecule has 0 spiro atoms. The minimum Gasteiger partial charge on any atom is -0.464 e. The molecular formula is C14H10BrN5O3. The molecule has 0 saturated heterocycles. The monoisotopic (exact) mass is 375 g/mol. The summed E-state index contributed by atoms with van der Waals surface area (Å²) < 4.78 is 5.69. The van der Waals surface area contributed by atoms with Gasteiger partial charge in [0.2, 0.25) is 0 Å². The second-order valence-corrected chi connectivity index (χ2v) is 5.40. The number of halogens is 1. The molecule has 0 aliphatic carbocycles. The molecule has 0 bridgehead atoms. The van der Waals surface area contributed by atoms with E-state index in [4.69, 9.17) is 10.2 Å². The molecule has 3 heterocycles. The maximum atomic E-state index is 12.4. The molecule has 3 aromatic rings. The van der Waals surface area contributed by atoms with E-state index in [0.29, 0.717) is 21.6 Å². The number of hydrogen-bond acceptors (Lipinski definition) is 7. The van der Waals surface area contributed by atoms with Crippen molar-refractivity contribution in [3.05, 3.63) is 57.3 Å². The first kappa shape index (κ1) is 15.1. The van der Waals surface area contributed by atoms with Gasteiger partial charge in [0.15, 0.2) is 11.6 Å². The van der Waals surface area contributed by atoms with Crippen LogP contribution in [0.3, 0.4) is 0 Å². The van der Waals surface area contributed by atoms with Gasteiger partial charge in [-0.05, 0) is 28.1 Å². The third-order valence-electron chi connectivity index (χ3n) is 3.05. The van der Waals surface area contributed by atoms with Crippen molar-refractivity contribution in [1.82, 2.24) is 19.9 Å². The van der Waals surface area contributed by atoms with Gasteiger partial charge in [0.1, 0.15) is 16.1 Å². The van der Waals surface area contributed by atoms with Crippen LogP contribution in [0.4, 0.5) is 5.82 Å². The van der Waals surface area contributed by atoms with Crippen LogP contribution in [0.5, 0.6) is 0 Å². The number of aromatic amines is 1. The molecule has 0 aliphatic heterocycles. The summed E-state index contributed by atoms with van der Waals surface area (Å²) in [7, 11) is 0. The van der Waals surface area contributed by atoms with Gasteiger partial charge in [0.05, 0.1) is 24.4 Å². The van der Waals surface area contributed by atoms with Gasteiger partial charge in [-0.2, -0.15) is 0 Å². The van der Waals surface area contributed by atoms with Crippen molar-refractivity contribution < 1.29 is 9.21 Å². The van der Waals surface area contributed by atoms with Crippen molar-refractivity contribution in [2.75, 3.05) is 5.73 Å². The highest BCUT2D eigenvalue weighted by Gasteiger charge is 2.18. The number of H-pyrrole nitrogens is 1. The SMILES string of the molecule is Nc1ncc(Br)nc1C(=O)Cc1[nH]c(=O)ncc1-c1ccco1. The average Bonchev–Trinajstić information content (AvgIpc) is 3.04. The Bertz CT molecular complexity index is 920. The second kappa shape index (κ2) is 6.13. The normalized spacial score (nSPS) is 10.7. The molecule has 0 amide bonds. The van der Waals surface area contributed by atoms with Gasteiger partial charge in [-0.15, -0.1) is 0 Å². The van der Waals surface area contributed by atoms with Crippen LogP contribution in [-0.2, 0) is 6.42 Å². The Morgan fingerprint density at radius 1 is 1.35 bits per heavy atom. The number of nitrogens with two attached hydrogens (primary N) is 1. The number of carbonyl (C=O) groups excluding carboxylic acids is 1. The van der Waals surface area contributed by atoms with Crippen LogP contribution in [0, 0.1) is 0 Å². The fraction of sp³-hybridized carbons (Fsp3) is 0.0714. The third-order valence-corrected chi connectivity index (χ3v) is 3.44. The molecule has 0 aromatic carbocycles. The van der Waals surface area contributed by atoms with Crippen LogP contribution in [0.2, 0.25) is 0 Å². The quantitative estimate of drug-likeness (QED) is 0.662. The lowest BCUT2D eigenvalue weighted by Gasteiger charge is -2.07. The predicted octanol–water partition coefficient (Wildman–Crippen LogP) is 1.59. The van der Waals surface area contributed by atoms with Crippen LogP contribution in [-0.4, -0.2) is 25.7 Å². The van der Waals surface area contributed by atoms with E-state index in [-0.39, 0.29) is 23.7 Å². The number of nitrogens with zero attached hydrogens (tertiary/aromatic N) is 3. The van der Waals surface area contributed by atoms with E-state index in [9.17, 15) is 9.59 Å². The van der Waals surface area contributed by atoms with Gasteiger partial charge in [0.25, 0.3) is 0 Å². The van der Waals surface area contributed by atoms with Gasteiger partial charge in [0, 0.05) is 11.9 Å². The van der Waals surface area contributed by atoms with E-state index in [0.717, 1.165) is 0 Å². The van der Waals surface area contributed by atoms with E-state index in [1.165, 1.54) is 18.7 Å². The van der Waals surface area contributed by atoms with Crippen LogP contribution in [0.25, 0.3) is 11.3 Å². The standard InChI is InChI=1S/C14H10BrN5O3/c15-11-6-17-13(16)12(20-11)9(21)4-8-7(5-18-14(22)19-8)10-2-1-3-23-10/h1-3,5-6H,4H2,(H2,16,17)(H,18,19,22). The minimum absolute atomic E-state index is 0.0224. The van der Waals surface area contributed by atoms with Crippen molar-refractivity contribution in [2.24, 2.45) is 0 Å². The number of hydrogen-bond donors (Lipinski definition) is 2. The van der Waals surface area contributed by atoms with Gasteiger partial charge in [-0.25, -0.2) is 19.7 Å². The predicted molar refractivity (Wildman–Crippen MR) is 84.7 cm³/mol. The maximum Gasteiger partial charge on any atom is 0.345 e. The summed E-state index contributed by atoms with van der Waals surface area (Å²) in [5.41, 5.74) is 6.04. The minimum atomic E-state index is -0.559. The molecule has 0 saturated carbocycles. The molecule has 0 aliphatic rings. The first-order valence-corrected chi connectivity index (χ1v) is 7.27. The third kappa shape index (κ3) is 3.19. The highest BCUT2D eigenvalue weighted by atomic mass is 79.9. The molecule has 0 fully saturated rings. The van der Waals surface area contributed by atoms with Crippen molar-refractivity contribution in [2.45, 2.75) is 6.42 Å². The number of carbonyl (C=O) groups is 1. The highest BCUT2D eigenvalue weighted by molar-refractivity contribution is 9.10. The van der Waals surface area contributed by atoms with Crippen LogP contribution in [0.1, 0.15) is 16.2 Å². The summed E-state index contributed by atoms with van der Waals surface area (Å²) in [5, 5.41) is 0. The molecule has 3 N–H and O–H groups in total. The van der Waals surface area contributed by atoms with Crippen LogP contribution in [0.15, 0.2) is 44.6 Å². The van der Waals surface area contributed by atoms with E-state index in [2.05, 4.69) is 35.9 Å². The summed E-state index contributed by atoms with van der Waals surface area (Å²) in [6.07, 6.45) is 4.12. The van der Waals surface area contributed by atoms with Crippen LogP contribution >= 0.6 is 15.9 Å². The molecule has 8 nitrogen and oxygen atoms in total. The van der Waals surface area contributed by atoms with E-state index >= 15 is 0 Å². The van der Waals surface area contributed by atoms with Crippen molar-refractivity contribution in [3.63, 3.8) is 0 Å². The number of anilines is 1. The van der Waals surface area contributed by atoms with Gasteiger partial charge in [-0.3, -0.25) is 4.79 Å². The Morgan fingerprint density at radius 3 is 2.91 bits per heavy atom. The zero-order valence-electron chi connectivity index (χ0n) is 11.6. The van der Waals surface area contributed by atoms with Crippen molar-refractivity contribution >= 4 is 27.5 Å². The molecule has 0 unspecified atom stereocenters. The summed E-state index contributed by atoms with van der Waals surface area (Å²) >= 11 is 3.14. The Balaban J connectivity index is 2.00. The Morgan fingerprint density at radius 2 is 2.17 bits per heavy atom. The first-order chi connectivity index (χ1) is 11.0. The molecule has 23 heavy (non-hydrogen) atoms. The lowest BCUT2D eigenvalue weighted by atomic mass is 10.1. The Labute approximate surface area is 137 Å². The van der Waals surface area contributed by atoms with Crippen LogP contribution < -0.4 is 11.4 Å². The Hall–Kier alpha value is -2.81. The largest absolute Gasteiger partial charge is 0.464 e. The smallest absolute Gasteiger partial charge is 0.345 e. The number of nitrogen functional groups attached to an aromatic ring is 1. The summed E-state index contributed by atoms with van der Waals surface area (Å²) in [5.74, 6) is 0.130. The van der Waals surface area contributed by atoms with E-state index < -0.39 is 5.69 Å². The molecule has 116 valence electrons. The molecule has 3 rings (SSSR count). The van der Waals surface area contributed by atoms with Gasteiger partial charge >= 0.3 is 5.69 Å². The molecule has 9 heteroatoms. The molecular weight excluding hydrogens is 366 g/mol. The lowest BCUT2D eigenvalue weighted by molar-refractivity contribution is 0.0987. The number of nitrogens with one attached hydrogen (secondary N) is 1. The Kier molecular flexibility index (Phi) is 4.02. The first-order valence-electron chi connectivity index (χ1n) is 6.48. The molecule has 0 atom stereocenters. The van der Waals surface area contributed by atoms with Gasteiger partial charge in [-0.1, -0.05) is 0 Å². The fourth-order valence-electron chi connectivity index (χ4n) is 2.04. The highest BCUT2D eigenvalue weighted by Crippen LogP contribution is 2.22.